The largest absolute Gasteiger partial charge is 0.463 e. The van der Waals surface area contributed by atoms with Crippen LogP contribution in [0.3, 0.4) is 0 Å². The van der Waals surface area contributed by atoms with E-state index >= 15 is 0 Å². The van der Waals surface area contributed by atoms with Crippen LogP contribution in [-0.4, -0.2) is 33.1 Å². The molecule has 1 unspecified atom stereocenters. The van der Waals surface area contributed by atoms with Crippen LogP contribution in [0, 0.1) is 25.5 Å². The van der Waals surface area contributed by atoms with Crippen molar-refractivity contribution >= 4 is 23.3 Å². The number of amides is 2. The van der Waals surface area contributed by atoms with Crippen LogP contribution >= 0.6 is 0 Å². The van der Waals surface area contributed by atoms with Gasteiger partial charge in [-0.05, 0) is 55.7 Å². The molecule has 4 rings (SSSR count). The lowest BCUT2D eigenvalue weighted by Gasteiger charge is -2.33. The molecule has 8 nitrogen and oxygen atoms in total. The van der Waals surface area contributed by atoms with Crippen molar-refractivity contribution in [3.05, 3.63) is 64.5 Å². The molecule has 0 saturated carbocycles. The summed E-state index contributed by atoms with van der Waals surface area (Å²) in [4.78, 5) is 31.0. The SMILES string of the molecule is Cc1cc2c(nc1NC(=O)c1[nH]ncc1C)OC(C)C(=O)N2Cc1cc(F)cc(F)c1. The molecule has 0 radical (unpaired) electrons. The lowest BCUT2D eigenvalue weighted by atomic mass is 10.1. The number of hydrogen-bond donors (Lipinski definition) is 2. The highest BCUT2D eigenvalue weighted by molar-refractivity contribution is 6.04. The van der Waals surface area contributed by atoms with E-state index in [1.54, 1.807) is 26.8 Å². The molecule has 1 aliphatic rings. The fraction of sp³-hybridized carbons (Fsp3) is 0.238. The predicted molar refractivity (Wildman–Crippen MR) is 108 cm³/mol. The van der Waals surface area contributed by atoms with Gasteiger partial charge in [-0.1, -0.05) is 0 Å². The summed E-state index contributed by atoms with van der Waals surface area (Å²) in [5.41, 5.74) is 2.19. The Balaban J connectivity index is 1.67. The first kappa shape index (κ1) is 20.5. The molecule has 2 amide bonds. The molecule has 3 heterocycles. The number of carbonyl (C=O) groups is 2. The monoisotopic (exact) mass is 427 g/mol. The molecule has 1 aliphatic heterocycles. The van der Waals surface area contributed by atoms with Crippen LogP contribution in [0.15, 0.2) is 30.5 Å². The van der Waals surface area contributed by atoms with Crippen molar-refractivity contribution in [1.29, 1.82) is 0 Å². The van der Waals surface area contributed by atoms with Crippen LogP contribution in [0.5, 0.6) is 5.88 Å². The van der Waals surface area contributed by atoms with E-state index in [0.29, 0.717) is 22.5 Å². The van der Waals surface area contributed by atoms with Gasteiger partial charge in [-0.3, -0.25) is 19.6 Å². The lowest BCUT2D eigenvalue weighted by molar-refractivity contribution is -0.125. The summed E-state index contributed by atoms with van der Waals surface area (Å²) in [5.74, 6) is -1.86. The zero-order valence-corrected chi connectivity index (χ0v) is 17.0. The van der Waals surface area contributed by atoms with Crippen molar-refractivity contribution in [2.24, 2.45) is 0 Å². The van der Waals surface area contributed by atoms with E-state index in [0.717, 1.165) is 18.2 Å². The maximum atomic E-state index is 13.6. The van der Waals surface area contributed by atoms with E-state index in [4.69, 9.17) is 4.74 Å². The maximum absolute atomic E-state index is 13.6. The smallest absolute Gasteiger partial charge is 0.275 e. The Kier molecular flexibility index (Phi) is 5.14. The second-order valence-corrected chi connectivity index (χ2v) is 7.32. The number of H-pyrrole nitrogens is 1. The molecule has 3 aromatic rings. The van der Waals surface area contributed by atoms with E-state index in [-0.39, 0.29) is 29.7 Å². The van der Waals surface area contributed by atoms with Crippen LogP contribution < -0.4 is 15.0 Å². The zero-order valence-electron chi connectivity index (χ0n) is 17.0. The zero-order chi connectivity index (χ0) is 22.3. The van der Waals surface area contributed by atoms with Gasteiger partial charge in [0.15, 0.2) is 6.10 Å². The Labute approximate surface area is 176 Å². The fourth-order valence-corrected chi connectivity index (χ4v) is 3.34. The molecule has 2 aromatic heterocycles. The molecule has 10 heteroatoms. The molecular formula is C21H19F2N5O3. The normalized spacial score (nSPS) is 15.5. The quantitative estimate of drug-likeness (QED) is 0.666. The van der Waals surface area contributed by atoms with Gasteiger partial charge >= 0.3 is 0 Å². The Hall–Kier alpha value is -3.82. The molecule has 31 heavy (non-hydrogen) atoms. The van der Waals surface area contributed by atoms with Crippen molar-refractivity contribution in [2.45, 2.75) is 33.4 Å². The average molecular weight is 427 g/mol. The summed E-state index contributed by atoms with van der Waals surface area (Å²) in [6, 6.07) is 4.73. The van der Waals surface area contributed by atoms with Crippen LogP contribution in [-0.2, 0) is 11.3 Å². The third kappa shape index (κ3) is 3.96. The summed E-state index contributed by atoms with van der Waals surface area (Å²) >= 11 is 0. The number of anilines is 2. The molecule has 1 aromatic carbocycles. The Morgan fingerprint density at radius 2 is 1.90 bits per heavy atom. The first-order valence-corrected chi connectivity index (χ1v) is 9.49. The van der Waals surface area contributed by atoms with E-state index in [1.165, 1.54) is 11.1 Å². The second-order valence-electron chi connectivity index (χ2n) is 7.32. The van der Waals surface area contributed by atoms with Crippen LogP contribution in [0.25, 0.3) is 0 Å². The number of aromatic nitrogens is 3. The predicted octanol–water partition coefficient (Wildman–Crippen LogP) is 3.27. The van der Waals surface area contributed by atoms with E-state index < -0.39 is 23.6 Å². The first-order valence-electron chi connectivity index (χ1n) is 9.49. The molecule has 160 valence electrons. The van der Waals surface area contributed by atoms with Gasteiger partial charge in [0, 0.05) is 6.07 Å². The Bertz CT molecular complexity index is 1170. The number of aromatic amines is 1. The van der Waals surface area contributed by atoms with Gasteiger partial charge in [-0.15, -0.1) is 0 Å². The third-order valence-corrected chi connectivity index (χ3v) is 4.90. The number of hydrogen-bond acceptors (Lipinski definition) is 5. The van der Waals surface area contributed by atoms with Gasteiger partial charge in [-0.25, -0.2) is 8.78 Å². The van der Waals surface area contributed by atoms with Crippen LogP contribution in [0.1, 0.15) is 34.1 Å². The maximum Gasteiger partial charge on any atom is 0.275 e. The average Bonchev–Trinajstić information content (AvgIpc) is 3.12. The van der Waals surface area contributed by atoms with Crippen LogP contribution in [0.2, 0.25) is 0 Å². The minimum Gasteiger partial charge on any atom is -0.463 e. The fourth-order valence-electron chi connectivity index (χ4n) is 3.34. The van der Waals surface area contributed by atoms with Crippen molar-refractivity contribution in [2.75, 3.05) is 10.2 Å². The highest BCUT2D eigenvalue weighted by Gasteiger charge is 2.33. The van der Waals surface area contributed by atoms with Gasteiger partial charge in [0.2, 0.25) is 5.88 Å². The molecule has 0 bridgehead atoms. The number of rotatable bonds is 4. The summed E-state index contributed by atoms with van der Waals surface area (Å²) < 4.78 is 32.8. The number of benzene rings is 1. The Morgan fingerprint density at radius 1 is 1.19 bits per heavy atom. The number of nitrogens with zero attached hydrogens (tertiary/aromatic N) is 3. The van der Waals surface area contributed by atoms with Gasteiger partial charge in [0.1, 0.15) is 28.8 Å². The number of ether oxygens (including phenoxy) is 1. The number of fused-ring (bicyclic) bond motifs is 1. The minimum absolute atomic E-state index is 0.0611. The highest BCUT2D eigenvalue weighted by atomic mass is 19.1. The van der Waals surface area contributed by atoms with Crippen LogP contribution in [0.4, 0.5) is 20.3 Å². The van der Waals surface area contributed by atoms with Gasteiger partial charge in [-0.2, -0.15) is 10.1 Å². The number of pyridine rings is 1. The molecule has 0 aliphatic carbocycles. The third-order valence-electron chi connectivity index (χ3n) is 4.90. The second kappa shape index (κ2) is 7.78. The first-order chi connectivity index (χ1) is 14.7. The topological polar surface area (TPSA) is 100 Å². The lowest BCUT2D eigenvalue weighted by Crippen LogP contribution is -2.44. The van der Waals surface area contributed by atoms with Gasteiger partial charge < -0.3 is 10.1 Å². The molecule has 0 fully saturated rings. The summed E-state index contributed by atoms with van der Waals surface area (Å²) in [6.45, 7) is 4.95. The van der Waals surface area contributed by atoms with E-state index in [1.807, 2.05) is 0 Å². The molecule has 1 atom stereocenters. The summed E-state index contributed by atoms with van der Waals surface area (Å²) in [7, 11) is 0. The van der Waals surface area contributed by atoms with Gasteiger partial charge in [0.25, 0.3) is 11.8 Å². The van der Waals surface area contributed by atoms with Crippen molar-refractivity contribution in [1.82, 2.24) is 15.2 Å². The number of nitrogens with one attached hydrogen (secondary N) is 2. The van der Waals surface area contributed by atoms with E-state index in [9.17, 15) is 18.4 Å². The molecule has 0 saturated heterocycles. The minimum atomic E-state index is -0.862. The van der Waals surface area contributed by atoms with Crippen molar-refractivity contribution < 1.29 is 23.1 Å². The molecule has 2 N–H and O–H groups in total. The molecule has 0 spiro atoms. The number of carbonyl (C=O) groups excluding carboxylic acids is 2. The number of aryl methyl sites for hydroxylation is 2. The Morgan fingerprint density at radius 3 is 2.55 bits per heavy atom. The number of halogens is 2. The van der Waals surface area contributed by atoms with Gasteiger partial charge in [0.05, 0.1) is 12.7 Å². The summed E-state index contributed by atoms with van der Waals surface area (Å²) in [6.07, 6.45) is 0.672. The van der Waals surface area contributed by atoms with E-state index in [2.05, 4.69) is 20.5 Å². The highest BCUT2D eigenvalue weighted by Crippen LogP contribution is 2.36. The van der Waals surface area contributed by atoms with Crippen molar-refractivity contribution in [3.8, 4) is 5.88 Å². The molecular weight excluding hydrogens is 408 g/mol. The standard InChI is InChI=1S/C21H19F2N5O3/c1-10-4-16-20(26-18(10)25-19(29)17-11(2)8-24-27-17)31-12(3)21(30)28(16)9-13-5-14(22)7-15(23)6-13/h4-8,12H,9H2,1-3H3,(H,24,27)(H,25,26,29). The summed E-state index contributed by atoms with van der Waals surface area (Å²) in [5, 5.41) is 9.16. The van der Waals surface area contributed by atoms with Crippen molar-refractivity contribution in [3.63, 3.8) is 0 Å².